The lowest BCUT2D eigenvalue weighted by molar-refractivity contribution is -0.130. The number of hydrogen-bond donors (Lipinski definition) is 3. The minimum absolute atomic E-state index is 0.169. The lowest BCUT2D eigenvalue weighted by Crippen LogP contribution is -2.57. The van der Waals surface area contributed by atoms with Crippen LogP contribution in [0.2, 0.25) is 0 Å². The summed E-state index contributed by atoms with van der Waals surface area (Å²) in [5, 5.41) is 8.96. The molecule has 1 fully saturated rings. The summed E-state index contributed by atoms with van der Waals surface area (Å²) < 4.78 is 11.2. The van der Waals surface area contributed by atoms with Crippen LogP contribution in [-0.2, 0) is 27.4 Å². The van der Waals surface area contributed by atoms with E-state index in [0.717, 1.165) is 42.6 Å². The molecule has 0 saturated carbocycles. The molecule has 3 N–H and O–H groups in total. The Balaban J connectivity index is 1.72. The van der Waals surface area contributed by atoms with E-state index in [1.54, 1.807) is 12.0 Å². The number of rotatable bonds is 15. The number of hydrogen-bond acceptors (Lipinski definition) is 5. The van der Waals surface area contributed by atoms with Crippen molar-refractivity contribution in [1.29, 1.82) is 0 Å². The van der Waals surface area contributed by atoms with E-state index in [9.17, 15) is 14.4 Å². The summed E-state index contributed by atoms with van der Waals surface area (Å²) in [6.45, 7) is 8.22. The maximum absolute atomic E-state index is 13.7. The van der Waals surface area contributed by atoms with E-state index in [1.165, 1.54) is 0 Å². The van der Waals surface area contributed by atoms with Crippen molar-refractivity contribution in [2.45, 2.75) is 90.4 Å². The number of carbonyl (C=O) groups is 3. The number of ether oxygens (including phenoxy) is 2. The fraction of sp³-hybridized carbons (Fsp3) is 0.559. The highest BCUT2D eigenvalue weighted by Crippen LogP contribution is 2.17. The molecule has 0 radical (unpaired) electrons. The van der Waals surface area contributed by atoms with Gasteiger partial charge in [-0.2, -0.15) is 0 Å². The number of amides is 4. The normalized spacial score (nSPS) is 15.6. The largest absolute Gasteiger partial charge is 0.489 e. The maximum atomic E-state index is 13.7. The molecule has 43 heavy (non-hydrogen) atoms. The smallest absolute Gasteiger partial charge is 0.318 e. The maximum Gasteiger partial charge on any atom is 0.318 e. The number of benzene rings is 2. The Morgan fingerprint density at radius 3 is 2.07 bits per heavy atom. The van der Waals surface area contributed by atoms with Crippen molar-refractivity contribution < 1.29 is 23.9 Å². The minimum Gasteiger partial charge on any atom is -0.489 e. The Hall–Kier alpha value is -3.59. The SMILES string of the molecule is CCC(COC)NC(=O)C(Cc1ccc(OCc2ccccc2)cc1)NC(=O)C(CC(C)C)NC(=O)N1CCCCCC1. The first-order valence-electron chi connectivity index (χ1n) is 15.7. The first kappa shape index (κ1) is 33.9. The molecule has 3 rings (SSSR count). The van der Waals surface area contributed by atoms with Crippen molar-refractivity contribution in [1.82, 2.24) is 20.9 Å². The molecule has 4 amide bonds. The molecular formula is C34H50N4O5. The van der Waals surface area contributed by atoms with Crippen molar-refractivity contribution in [2.24, 2.45) is 5.92 Å². The highest BCUT2D eigenvalue weighted by atomic mass is 16.5. The zero-order chi connectivity index (χ0) is 31.0. The van der Waals surface area contributed by atoms with Gasteiger partial charge < -0.3 is 30.3 Å². The number of methoxy groups -OCH3 is 1. The summed E-state index contributed by atoms with van der Waals surface area (Å²) in [6.07, 6.45) is 5.59. The molecule has 9 nitrogen and oxygen atoms in total. The van der Waals surface area contributed by atoms with Crippen molar-refractivity contribution >= 4 is 17.8 Å². The minimum atomic E-state index is -0.834. The summed E-state index contributed by atoms with van der Waals surface area (Å²) in [4.78, 5) is 42.1. The number of likely N-dealkylation sites (tertiary alicyclic amines) is 1. The predicted octanol–water partition coefficient (Wildman–Crippen LogP) is 4.83. The van der Waals surface area contributed by atoms with E-state index >= 15 is 0 Å². The van der Waals surface area contributed by atoms with Gasteiger partial charge in [0.2, 0.25) is 11.8 Å². The van der Waals surface area contributed by atoms with Gasteiger partial charge in [-0.3, -0.25) is 9.59 Å². The molecule has 9 heteroatoms. The van der Waals surface area contributed by atoms with Crippen LogP contribution in [-0.4, -0.2) is 67.7 Å². The summed E-state index contributed by atoms with van der Waals surface area (Å²) in [5.74, 6) is 0.238. The van der Waals surface area contributed by atoms with E-state index in [2.05, 4.69) is 16.0 Å². The molecule has 2 aromatic carbocycles. The van der Waals surface area contributed by atoms with E-state index in [4.69, 9.17) is 9.47 Å². The van der Waals surface area contributed by atoms with E-state index in [0.29, 0.717) is 39.1 Å². The van der Waals surface area contributed by atoms with E-state index in [-0.39, 0.29) is 36.2 Å². The number of carbonyl (C=O) groups excluding carboxylic acids is 3. The van der Waals surface area contributed by atoms with Crippen molar-refractivity contribution in [3.63, 3.8) is 0 Å². The molecule has 236 valence electrons. The quantitative estimate of drug-likeness (QED) is 0.274. The standard InChI is InChI=1S/C34H50N4O5/c1-5-28(24-42-4)35-32(39)31(22-26-15-17-29(18-16-26)43-23-27-13-9-8-10-14-27)36-33(40)30(21-25(2)3)37-34(41)38-19-11-6-7-12-20-38/h8-10,13-18,25,28,30-31H,5-7,11-12,19-24H2,1-4H3,(H,35,39)(H,36,40)(H,37,41). The molecule has 2 aromatic rings. The van der Waals surface area contributed by atoms with Crippen LogP contribution < -0.4 is 20.7 Å². The molecule has 3 unspecified atom stereocenters. The van der Waals surface area contributed by atoms with Crippen LogP contribution in [0.4, 0.5) is 4.79 Å². The number of nitrogens with one attached hydrogen (secondary N) is 3. The second kappa shape index (κ2) is 18.2. The highest BCUT2D eigenvalue weighted by molar-refractivity contribution is 5.92. The average molecular weight is 595 g/mol. The van der Waals surface area contributed by atoms with Gasteiger partial charge in [-0.25, -0.2) is 4.79 Å². The third-order valence-corrected chi connectivity index (χ3v) is 7.67. The molecule has 1 aliphatic heterocycles. The van der Waals surface area contributed by atoms with Crippen molar-refractivity contribution in [3.8, 4) is 5.75 Å². The molecule has 1 heterocycles. The predicted molar refractivity (Wildman–Crippen MR) is 169 cm³/mol. The van der Waals surface area contributed by atoms with Crippen LogP contribution >= 0.6 is 0 Å². The van der Waals surface area contributed by atoms with Crippen molar-refractivity contribution in [3.05, 3.63) is 65.7 Å². The van der Waals surface area contributed by atoms with Crippen LogP contribution in [0.5, 0.6) is 5.75 Å². The van der Waals surface area contributed by atoms with Crippen LogP contribution in [0, 0.1) is 5.92 Å². The fourth-order valence-electron chi connectivity index (χ4n) is 5.16. The fourth-order valence-corrected chi connectivity index (χ4v) is 5.16. The van der Waals surface area contributed by atoms with E-state index < -0.39 is 12.1 Å². The Morgan fingerprint density at radius 2 is 1.47 bits per heavy atom. The number of urea groups is 1. The Kier molecular flexibility index (Phi) is 14.3. The van der Waals surface area contributed by atoms with Gasteiger partial charge in [0.15, 0.2) is 0 Å². The second-order valence-electron chi connectivity index (χ2n) is 11.8. The molecule has 1 aliphatic rings. The lowest BCUT2D eigenvalue weighted by atomic mass is 10.0. The van der Waals surface area contributed by atoms with Gasteiger partial charge >= 0.3 is 6.03 Å². The zero-order valence-electron chi connectivity index (χ0n) is 26.3. The van der Waals surface area contributed by atoms with Crippen LogP contribution in [0.25, 0.3) is 0 Å². The van der Waals surface area contributed by atoms with Crippen LogP contribution in [0.1, 0.15) is 70.4 Å². The third kappa shape index (κ3) is 11.9. The summed E-state index contributed by atoms with van der Waals surface area (Å²) in [6, 6.07) is 15.5. The van der Waals surface area contributed by atoms with E-state index in [1.807, 2.05) is 75.4 Å². The second-order valence-corrected chi connectivity index (χ2v) is 11.8. The van der Waals surface area contributed by atoms with Crippen LogP contribution in [0.15, 0.2) is 54.6 Å². The summed E-state index contributed by atoms with van der Waals surface area (Å²) in [5.41, 5.74) is 1.95. The van der Waals surface area contributed by atoms with Crippen LogP contribution in [0.3, 0.4) is 0 Å². The van der Waals surface area contributed by atoms with Gasteiger partial charge in [-0.1, -0.05) is 76.1 Å². The van der Waals surface area contributed by atoms with Gasteiger partial charge in [-0.15, -0.1) is 0 Å². The van der Waals surface area contributed by atoms with Gasteiger partial charge in [0.05, 0.1) is 12.6 Å². The topological polar surface area (TPSA) is 109 Å². The Labute approximate surface area is 257 Å². The molecule has 0 spiro atoms. The molecule has 0 aromatic heterocycles. The van der Waals surface area contributed by atoms with Gasteiger partial charge in [0.1, 0.15) is 24.4 Å². The molecule has 3 atom stereocenters. The molecule has 1 saturated heterocycles. The van der Waals surface area contributed by atoms with Gasteiger partial charge in [0, 0.05) is 26.6 Å². The van der Waals surface area contributed by atoms with Gasteiger partial charge in [0.25, 0.3) is 0 Å². The van der Waals surface area contributed by atoms with Crippen molar-refractivity contribution in [2.75, 3.05) is 26.8 Å². The average Bonchev–Trinajstić information content (AvgIpc) is 3.30. The Bertz CT molecular complexity index is 1120. The monoisotopic (exact) mass is 594 g/mol. The number of nitrogens with zero attached hydrogens (tertiary/aromatic N) is 1. The first-order valence-corrected chi connectivity index (χ1v) is 15.7. The van der Waals surface area contributed by atoms with Gasteiger partial charge in [-0.05, 0) is 54.9 Å². The first-order chi connectivity index (χ1) is 20.8. The molecule has 0 bridgehead atoms. The lowest BCUT2D eigenvalue weighted by Gasteiger charge is -2.28. The molecular weight excluding hydrogens is 544 g/mol. The summed E-state index contributed by atoms with van der Waals surface area (Å²) in [7, 11) is 1.60. The Morgan fingerprint density at radius 1 is 0.814 bits per heavy atom. The third-order valence-electron chi connectivity index (χ3n) is 7.67. The highest BCUT2D eigenvalue weighted by Gasteiger charge is 2.30. The zero-order valence-corrected chi connectivity index (χ0v) is 26.3. The summed E-state index contributed by atoms with van der Waals surface area (Å²) >= 11 is 0. The molecule has 0 aliphatic carbocycles.